The Balaban J connectivity index is 1.72. The topological polar surface area (TPSA) is 82.8 Å². The molecule has 0 unspecified atom stereocenters. The molecule has 0 atom stereocenters. The average Bonchev–Trinajstić information content (AvgIpc) is 2.86. The zero-order chi connectivity index (χ0) is 17.8. The number of ether oxygens (including phenoxy) is 3. The molecule has 1 aliphatic rings. The SMILES string of the molecule is COc1cc(N)c(Cl)cc1C(=O)NCc1ccc2c(c1)OCCCO2. The number of nitrogen functional groups attached to an aromatic ring is 1. The van der Waals surface area contributed by atoms with Crippen molar-refractivity contribution in [3.8, 4) is 17.2 Å². The molecule has 0 saturated carbocycles. The number of halogens is 1. The first-order valence-corrected chi connectivity index (χ1v) is 8.26. The van der Waals surface area contributed by atoms with Gasteiger partial charge in [-0.1, -0.05) is 17.7 Å². The van der Waals surface area contributed by atoms with Crippen LogP contribution in [-0.4, -0.2) is 26.2 Å². The fourth-order valence-electron chi connectivity index (χ4n) is 2.51. The molecule has 25 heavy (non-hydrogen) atoms. The predicted octanol–water partition coefficient (Wildman–Crippen LogP) is 3.02. The fraction of sp³-hybridized carbons (Fsp3) is 0.278. The highest BCUT2D eigenvalue weighted by molar-refractivity contribution is 6.33. The minimum atomic E-state index is -0.300. The Bertz CT molecular complexity index is 795. The Morgan fingerprint density at radius 3 is 2.76 bits per heavy atom. The average molecular weight is 363 g/mol. The molecule has 132 valence electrons. The number of hydrogen-bond acceptors (Lipinski definition) is 5. The predicted molar refractivity (Wildman–Crippen MR) is 95.6 cm³/mol. The number of amides is 1. The van der Waals surface area contributed by atoms with E-state index < -0.39 is 0 Å². The van der Waals surface area contributed by atoms with Crippen LogP contribution >= 0.6 is 11.6 Å². The van der Waals surface area contributed by atoms with Gasteiger partial charge in [0.2, 0.25) is 0 Å². The third-order valence-electron chi connectivity index (χ3n) is 3.83. The molecule has 1 heterocycles. The molecule has 6 nitrogen and oxygen atoms in total. The van der Waals surface area contributed by atoms with E-state index in [9.17, 15) is 4.79 Å². The van der Waals surface area contributed by atoms with Crippen molar-refractivity contribution < 1.29 is 19.0 Å². The summed E-state index contributed by atoms with van der Waals surface area (Å²) in [6, 6.07) is 8.64. The van der Waals surface area contributed by atoms with Crippen LogP contribution < -0.4 is 25.3 Å². The molecule has 2 aromatic rings. The maximum absolute atomic E-state index is 12.5. The second kappa shape index (κ2) is 7.53. The molecule has 1 aliphatic heterocycles. The largest absolute Gasteiger partial charge is 0.496 e. The minimum Gasteiger partial charge on any atom is -0.496 e. The number of nitrogens with one attached hydrogen (secondary N) is 1. The first kappa shape index (κ1) is 17.2. The summed E-state index contributed by atoms with van der Waals surface area (Å²) in [5, 5.41) is 3.15. The van der Waals surface area contributed by atoms with Crippen molar-refractivity contribution in [2.45, 2.75) is 13.0 Å². The highest BCUT2D eigenvalue weighted by Gasteiger charge is 2.16. The molecule has 3 N–H and O–H groups in total. The number of rotatable bonds is 4. The number of hydrogen-bond donors (Lipinski definition) is 2. The Morgan fingerprint density at radius 2 is 2.00 bits per heavy atom. The molecule has 3 rings (SSSR count). The second-order valence-electron chi connectivity index (χ2n) is 5.59. The van der Waals surface area contributed by atoms with Crippen molar-refractivity contribution in [2.24, 2.45) is 0 Å². The number of methoxy groups -OCH3 is 1. The Labute approximate surface area is 150 Å². The molecule has 0 fully saturated rings. The van der Waals surface area contributed by atoms with Crippen LogP contribution in [-0.2, 0) is 6.54 Å². The van der Waals surface area contributed by atoms with Gasteiger partial charge in [-0.15, -0.1) is 0 Å². The maximum Gasteiger partial charge on any atom is 0.255 e. The zero-order valence-corrected chi connectivity index (χ0v) is 14.6. The van der Waals surface area contributed by atoms with E-state index in [0.29, 0.717) is 47.5 Å². The third-order valence-corrected chi connectivity index (χ3v) is 4.16. The van der Waals surface area contributed by atoms with Gasteiger partial charge in [-0.2, -0.15) is 0 Å². The van der Waals surface area contributed by atoms with Gasteiger partial charge >= 0.3 is 0 Å². The number of nitrogens with two attached hydrogens (primary N) is 1. The summed E-state index contributed by atoms with van der Waals surface area (Å²) < 4.78 is 16.5. The monoisotopic (exact) mass is 362 g/mol. The highest BCUT2D eigenvalue weighted by Crippen LogP contribution is 2.31. The van der Waals surface area contributed by atoms with Gasteiger partial charge in [-0.3, -0.25) is 4.79 Å². The second-order valence-corrected chi connectivity index (χ2v) is 6.00. The summed E-state index contributed by atoms with van der Waals surface area (Å²) in [6.45, 7) is 1.59. The molecule has 0 aromatic heterocycles. The van der Waals surface area contributed by atoms with Crippen molar-refractivity contribution >= 4 is 23.2 Å². The Hall–Kier alpha value is -2.60. The van der Waals surface area contributed by atoms with Crippen molar-refractivity contribution in [3.63, 3.8) is 0 Å². The summed E-state index contributed by atoms with van der Waals surface area (Å²) in [5.41, 5.74) is 7.33. The smallest absolute Gasteiger partial charge is 0.255 e. The summed E-state index contributed by atoms with van der Waals surface area (Å²) in [4.78, 5) is 12.5. The number of carbonyl (C=O) groups is 1. The van der Waals surface area contributed by atoms with E-state index in [-0.39, 0.29) is 5.91 Å². The van der Waals surface area contributed by atoms with Gasteiger partial charge in [0.1, 0.15) is 5.75 Å². The highest BCUT2D eigenvalue weighted by atomic mass is 35.5. The van der Waals surface area contributed by atoms with E-state index in [0.717, 1.165) is 17.7 Å². The molecule has 0 spiro atoms. The van der Waals surface area contributed by atoms with Crippen LogP contribution in [0, 0.1) is 0 Å². The van der Waals surface area contributed by atoms with Crippen molar-refractivity contribution in [1.29, 1.82) is 0 Å². The molecule has 0 saturated heterocycles. The van der Waals surface area contributed by atoms with Crippen LogP contribution in [0.2, 0.25) is 5.02 Å². The van der Waals surface area contributed by atoms with Crippen LogP contribution in [0.4, 0.5) is 5.69 Å². The van der Waals surface area contributed by atoms with Gasteiger partial charge < -0.3 is 25.3 Å². The third kappa shape index (κ3) is 3.91. The summed E-state index contributed by atoms with van der Waals surface area (Å²) >= 11 is 6.01. The van der Waals surface area contributed by atoms with Crippen molar-refractivity contribution in [3.05, 3.63) is 46.5 Å². The number of anilines is 1. The fourth-order valence-corrected chi connectivity index (χ4v) is 2.67. The minimum absolute atomic E-state index is 0.300. The van der Waals surface area contributed by atoms with Gasteiger partial charge in [0.05, 0.1) is 36.6 Å². The molecule has 2 aromatic carbocycles. The first-order valence-electron chi connectivity index (χ1n) is 7.88. The lowest BCUT2D eigenvalue weighted by Crippen LogP contribution is -2.23. The number of fused-ring (bicyclic) bond motifs is 1. The van der Waals surface area contributed by atoms with Gasteiger partial charge in [-0.05, 0) is 23.8 Å². The number of carbonyl (C=O) groups excluding carboxylic acids is 1. The normalized spacial score (nSPS) is 13.0. The van der Waals surface area contributed by atoms with Crippen LogP contribution in [0.1, 0.15) is 22.3 Å². The van der Waals surface area contributed by atoms with Crippen LogP contribution in [0.25, 0.3) is 0 Å². The van der Waals surface area contributed by atoms with Gasteiger partial charge in [0, 0.05) is 19.0 Å². The maximum atomic E-state index is 12.5. The summed E-state index contributed by atoms with van der Waals surface area (Å²) in [6.07, 6.45) is 0.846. The van der Waals surface area contributed by atoms with E-state index in [2.05, 4.69) is 5.32 Å². The van der Waals surface area contributed by atoms with Crippen LogP contribution in [0.15, 0.2) is 30.3 Å². The molecule has 0 bridgehead atoms. The van der Waals surface area contributed by atoms with Crippen LogP contribution in [0.3, 0.4) is 0 Å². The number of benzene rings is 2. The van der Waals surface area contributed by atoms with E-state index in [1.165, 1.54) is 19.2 Å². The van der Waals surface area contributed by atoms with Gasteiger partial charge in [0.15, 0.2) is 11.5 Å². The first-order chi connectivity index (χ1) is 12.1. The molecule has 0 aliphatic carbocycles. The molecular formula is C18H19ClN2O4. The molecule has 7 heteroatoms. The van der Waals surface area contributed by atoms with E-state index in [1.807, 2.05) is 18.2 Å². The van der Waals surface area contributed by atoms with E-state index in [4.69, 9.17) is 31.5 Å². The van der Waals surface area contributed by atoms with Crippen molar-refractivity contribution in [2.75, 3.05) is 26.1 Å². The van der Waals surface area contributed by atoms with Crippen molar-refractivity contribution in [1.82, 2.24) is 5.32 Å². The molecular weight excluding hydrogens is 344 g/mol. The molecule has 0 radical (unpaired) electrons. The lowest BCUT2D eigenvalue weighted by Gasteiger charge is -2.12. The van der Waals surface area contributed by atoms with E-state index >= 15 is 0 Å². The zero-order valence-electron chi connectivity index (χ0n) is 13.8. The Kier molecular flexibility index (Phi) is 5.19. The summed E-state index contributed by atoms with van der Waals surface area (Å²) in [7, 11) is 1.48. The van der Waals surface area contributed by atoms with Crippen LogP contribution in [0.5, 0.6) is 17.2 Å². The summed E-state index contributed by atoms with van der Waals surface area (Å²) in [5.74, 6) is 1.49. The quantitative estimate of drug-likeness (QED) is 0.817. The standard InChI is InChI=1S/C18H19ClN2O4/c1-23-16-9-14(20)13(19)8-12(16)18(22)21-10-11-3-4-15-17(7-11)25-6-2-5-24-15/h3-4,7-9H,2,5-6,10,20H2,1H3,(H,21,22). The lowest BCUT2D eigenvalue weighted by molar-refractivity contribution is 0.0948. The Morgan fingerprint density at radius 1 is 1.24 bits per heavy atom. The molecule has 1 amide bonds. The van der Waals surface area contributed by atoms with Gasteiger partial charge in [0.25, 0.3) is 5.91 Å². The van der Waals surface area contributed by atoms with Gasteiger partial charge in [-0.25, -0.2) is 0 Å². The van der Waals surface area contributed by atoms with E-state index in [1.54, 1.807) is 0 Å². The lowest BCUT2D eigenvalue weighted by atomic mass is 10.1.